The van der Waals surface area contributed by atoms with Crippen LogP contribution in [-0.2, 0) is 20.9 Å². The summed E-state index contributed by atoms with van der Waals surface area (Å²) in [6.45, 7) is 8.36. The number of rotatable bonds is 8. The summed E-state index contributed by atoms with van der Waals surface area (Å²) in [5, 5.41) is 7.54. The minimum atomic E-state index is -0.684. The Balaban J connectivity index is 2.83. The average molecular weight is 356 g/mol. The first kappa shape index (κ1) is 20.2. The van der Waals surface area contributed by atoms with E-state index in [1.807, 2.05) is 20.8 Å². The predicted molar refractivity (Wildman–Crippen MR) is 94.7 cm³/mol. The molecule has 134 valence electrons. The molecule has 0 spiro atoms. The van der Waals surface area contributed by atoms with E-state index in [0.29, 0.717) is 10.7 Å². The van der Waals surface area contributed by atoms with Crippen molar-refractivity contribution in [3.05, 3.63) is 22.5 Å². The van der Waals surface area contributed by atoms with Crippen molar-refractivity contribution in [2.45, 2.75) is 53.1 Å². The molecule has 0 aliphatic rings. The summed E-state index contributed by atoms with van der Waals surface area (Å²) < 4.78 is 6.44. The number of nitrogens with zero attached hydrogens (tertiary/aromatic N) is 2. The Bertz CT molecular complexity index is 608. The van der Waals surface area contributed by atoms with Gasteiger partial charge in [0.15, 0.2) is 0 Å². The van der Waals surface area contributed by atoms with Crippen molar-refractivity contribution in [3.8, 4) is 0 Å². The number of aryl methyl sites for hydroxylation is 2. The molecule has 24 heavy (non-hydrogen) atoms. The van der Waals surface area contributed by atoms with Gasteiger partial charge in [-0.05, 0) is 25.3 Å². The van der Waals surface area contributed by atoms with Crippen molar-refractivity contribution in [1.82, 2.24) is 15.1 Å². The van der Waals surface area contributed by atoms with Gasteiger partial charge in [-0.1, -0.05) is 38.8 Å². The molecule has 7 heteroatoms. The van der Waals surface area contributed by atoms with E-state index >= 15 is 0 Å². The maximum absolute atomic E-state index is 12.1. The molecule has 0 aliphatic heterocycles. The summed E-state index contributed by atoms with van der Waals surface area (Å²) in [4.78, 5) is 23.8. The maximum atomic E-state index is 12.1. The molecule has 0 radical (unpaired) electrons. The van der Waals surface area contributed by atoms with E-state index < -0.39 is 12.0 Å². The van der Waals surface area contributed by atoms with Crippen LogP contribution in [0.3, 0.4) is 0 Å². The number of methoxy groups -OCH3 is 1. The first-order chi connectivity index (χ1) is 11.3. The fourth-order valence-corrected chi connectivity index (χ4v) is 2.52. The van der Waals surface area contributed by atoms with Crippen LogP contribution in [-0.4, -0.2) is 34.8 Å². The number of nitrogens with one attached hydrogen (secondary N) is 1. The van der Waals surface area contributed by atoms with E-state index in [1.165, 1.54) is 13.2 Å². The number of ether oxygens (including phenoxy) is 1. The molecule has 1 atom stereocenters. The van der Waals surface area contributed by atoms with Gasteiger partial charge in [0.2, 0.25) is 5.91 Å². The highest BCUT2D eigenvalue weighted by atomic mass is 35.5. The van der Waals surface area contributed by atoms with E-state index in [4.69, 9.17) is 16.3 Å². The van der Waals surface area contributed by atoms with Gasteiger partial charge in [0.05, 0.1) is 12.8 Å². The van der Waals surface area contributed by atoms with Crippen LogP contribution in [0, 0.1) is 12.8 Å². The Morgan fingerprint density at radius 3 is 2.62 bits per heavy atom. The first-order valence-electron chi connectivity index (χ1n) is 8.11. The summed E-state index contributed by atoms with van der Waals surface area (Å²) in [5.41, 5.74) is 1.47. The lowest BCUT2D eigenvalue weighted by Gasteiger charge is -2.18. The SMILES string of the molecule is CCCCn1nc(C)c(C=CC(=O)N[C@H](C(=O)OC)C(C)C)c1Cl. The lowest BCUT2D eigenvalue weighted by molar-refractivity contribution is -0.145. The molecule has 0 saturated heterocycles. The molecule has 1 aromatic rings. The largest absolute Gasteiger partial charge is 0.467 e. The number of unbranched alkanes of at least 4 members (excludes halogenated alkanes) is 1. The summed E-state index contributed by atoms with van der Waals surface area (Å²) in [6, 6.07) is -0.684. The summed E-state index contributed by atoms with van der Waals surface area (Å²) in [5.74, 6) is -0.916. The number of carbonyl (C=O) groups is 2. The number of aromatic nitrogens is 2. The number of hydrogen-bond donors (Lipinski definition) is 1. The van der Waals surface area contributed by atoms with Crippen LogP contribution in [0.4, 0.5) is 0 Å². The average Bonchev–Trinajstić information content (AvgIpc) is 2.81. The lowest BCUT2D eigenvalue weighted by atomic mass is 10.0. The van der Waals surface area contributed by atoms with Gasteiger partial charge in [0, 0.05) is 18.2 Å². The van der Waals surface area contributed by atoms with Gasteiger partial charge < -0.3 is 10.1 Å². The van der Waals surface area contributed by atoms with Gasteiger partial charge in [-0.2, -0.15) is 5.10 Å². The van der Waals surface area contributed by atoms with E-state index in [9.17, 15) is 9.59 Å². The van der Waals surface area contributed by atoms with Gasteiger partial charge in [-0.3, -0.25) is 9.48 Å². The molecule has 0 fully saturated rings. The van der Waals surface area contributed by atoms with Crippen LogP contribution in [0.1, 0.15) is 44.9 Å². The van der Waals surface area contributed by atoms with Crippen LogP contribution in [0.2, 0.25) is 5.15 Å². The van der Waals surface area contributed by atoms with Gasteiger partial charge in [-0.15, -0.1) is 0 Å². The zero-order valence-electron chi connectivity index (χ0n) is 14.9. The molecule has 6 nitrogen and oxygen atoms in total. The summed E-state index contributed by atoms with van der Waals surface area (Å²) in [6.07, 6.45) is 5.02. The number of halogens is 1. The Kier molecular flexibility index (Phi) is 7.98. The second-order valence-corrected chi connectivity index (χ2v) is 6.31. The third-order valence-electron chi connectivity index (χ3n) is 3.65. The molecule has 1 amide bonds. The van der Waals surface area contributed by atoms with E-state index in [2.05, 4.69) is 17.3 Å². The van der Waals surface area contributed by atoms with Crippen molar-refractivity contribution >= 4 is 29.6 Å². The van der Waals surface area contributed by atoms with Gasteiger partial charge >= 0.3 is 5.97 Å². The fraction of sp³-hybridized carbons (Fsp3) is 0.588. The fourth-order valence-electron chi connectivity index (χ4n) is 2.20. The molecule has 1 N–H and O–H groups in total. The third kappa shape index (κ3) is 5.37. The molecule has 0 aromatic carbocycles. The molecule has 0 saturated carbocycles. The zero-order valence-corrected chi connectivity index (χ0v) is 15.7. The third-order valence-corrected chi connectivity index (χ3v) is 4.05. The van der Waals surface area contributed by atoms with Gasteiger partial charge in [0.1, 0.15) is 11.2 Å². The molecule has 0 bridgehead atoms. The number of carbonyl (C=O) groups excluding carboxylic acids is 2. The van der Waals surface area contributed by atoms with Gasteiger partial charge in [-0.25, -0.2) is 4.79 Å². The molecular formula is C17H26ClN3O3. The highest BCUT2D eigenvalue weighted by Gasteiger charge is 2.24. The molecule has 1 heterocycles. The minimum Gasteiger partial charge on any atom is -0.467 e. The van der Waals surface area contributed by atoms with Crippen LogP contribution < -0.4 is 5.32 Å². The predicted octanol–water partition coefficient (Wildman–Crippen LogP) is 2.97. The van der Waals surface area contributed by atoms with Gasteiger partial charge in [0.25, 0.3) is 0 Å². The molecule has 0 aliphatic carbocycles. The molecule has 0 unspecified atom stereocenters. The maximum Gasteiger partial charge on any atom is 0.328 e. The van der Waals surface area contributed by atoms with E-state index in [1.54, 1.807) is 10.8 Å². The lowest BCUT2D eigenvalue weighted by Crippen LogP contribution is -2.44. The second kappa shape index (κ2) is 9.47. The van der Waals surface area contributed by atoms with Crippen LogP contribution in [0.25, 0.3) is 6.08 Å². The molecule has 1 rings (SSSR count). The van der Waals surface area contributed by atoms with E-state index in [-0.39, 0.29) is 11.8 Å². The highest BCUT2D eigenvalue weighted by molar-refractivity contribution is 6.31. The summed E-state index contributed by atoms with van der Waals surface area (Å²) in [7, 11) is 1.30. The monoisotopic (exact) mass is 355 g/mol. The number of amides is 1. The van der Waals surface area contributed by atoms with Crippen LogP contribution >= 0.6 is 11.6 Å². The Morgan fingerprint density at radius 2 is 2.08 bits per heavy atom. The van der Waals surface area contributed by atoms with Crippen molar-refractivity contribution in [1.29, 1.82) is 0 Å². The second-order valence-electron chi connectivity index (χ2n) is 5.95. The normalized spacial score (nSPS) is 12.6. The minimum absolute atomic E-state index is 0.0723. The van der Waals surface area contributed by atoms with Crippen molar-refractivity contribution < 1.29 is 14.3 Å². The van der Waals surface area contributed by atoms with Crippen LogP contribution in [0.5, 0.6) is 0 Å². The topological polar surface area (TPSA) is 73.2 Å². The number of hydrogen-bond acceptors (Lipinski definition) is 4. The molecule has 1 aromatic heterocycles. The molecular weight excluding hydrogens is 330 g/mol. The zero-order chi connectivity index (χ0) is 18.3. The standard InChI is InChI=1S/C17H26ClN3O3/c1-6-7-10-21-16(18)13(12(4)20-21)8-9-14(22)19-15(11(2)3)17(23)24-5/h8-9,11,15H,6-7,10H2,1-5H3,(H,19,22)/t15-/m0/s1. The smallest absolute Gasteiger partial charge is 0.328 e. The van der Waals surface area contributed by atoms with E-state index in [0.717, 1.165) is 25.1 Å². The summed E-state index contributed by atoms with van der Waals surface area (Å²) >= 11 is 6.32. The van der Waals surface area contributed by atoms with Crippen molar-refractivity contribution in [2.24, 2.45) is 5.92 Å². The Labute approximate surface area is 148 Å². The first-order valence-corrected chi connectivity index (χ1v) is 8.48. The Morgan fingerprint density at radius 1 is 1.42 bits per heavy atom. The van der Waals surface area contributed by atoms with Crippen molar-refractivity contribution in [2.75, 3.05) is 7.11 Å². The Hall–Kier alpha value is -1.82. The van der Waals surface area contributed by atoms with Crippen LogP contribution in [0.15, 0.2) is 6.08 Å². The quantitative estimate of drug-likeness (QED) is 0.574. The number of esters is 1. The highest BCUT2D eigenvalue weighted by Crippen LogP contribution is 2.21. The van der Waals surface area contributed by atoms with Crippen molar-refractivity contribution in [3.63, 3.8) is 0 Å².